The van der Waals surface area contributed by atoms with Gasteiger partial charge in [-0.1, -0.05) is 24.3 Å². The lowest BCUT2D eigenvalue weighted by atomic mass is 10.1. The molecule has 3 fully saturated rings. The van der Waals surface area contributed by atoms with Crippen LogP contribution in [0, 0.1) is 0 Å². The van der Waals surface area contributed by atoms with Crippen LogP contribution in [0.3, 0.4) is 0 Å². The summed E-state index contributed by atoms with van der Waals surface area (Å²) in [4.78, 5) is 7.56. The van der Waals surface area contributed by atoms with E-state index in [9.17, 15) is 0 Å². The molecule has 0 radical (unpaired) electrons. The second-order valence-corrected chi connectivity index (χ2v) is 10.4. The van der Waals surface area contributed by atoms with Crippen LogP contribution >= 0.6 is 0 Å². The molecule has 0 spiro atoms. The topological polar surface area (TPSA) is 92.0 Å². The molecular formula is C29H37N7O2. The zero-order valence-corrected chi connectivity index (χ0v) is 22.1. The molecule has 0 amide bonds. The summed E-state index contributed by atoms with van der Waals surface area (Å²) < 4.78 is 10.9. The molecule has 2 aromatic carbocycles. The number of ether oxygens (including phenoxy) is 2. The van der Waals surface area contributed by atoms with Gasteiger partial charge in [0.1, 0.15) is 5.75 Å². The standard InChI is InChI=1S/C29H37N7O2/c1-37-20-38-28-5-3-2-4-25(28)26-16-27(29(30)33-32-26)35-18-23-10-11-24(19-35)36(23)17-21-6-8-22(9-7-21)34-14-12-31-13-15-34/h2-9,16,23-24,31H,10-15,17-20H2,1H3,(H2,30,33). The third-order valence-electron chi connectivity index (χ3n) is 8.05. The van der Waals surface area contributed by atoms with Gasteiger partial charge in [0, 0.05) is 76.3 Å². The van der Waals surface area contributed by atoms with Crippen molar-refractivity contribution in [3.63, 3.8) is 0 Å². The largest absolute Gasteiger partial charge is 0.467 e. The van der Waals surface area contributed by atoms with E-state index >= 15 is 0 Å². The predicted octanol–water partition coefficient (Wildman–Crippen LogP) is 2.97. The van der Waals surface area contributed by atoms with E-state index in [4.69, 9.17) is 15.2 Å². The molecule has 38 heavy (non-hydrogen) atoms. The number of nitrogens with one attached hydrogen (secondary N) is 1. The summed E-state index contributed by atoms with van der Waals surface area (Å²) in [6, 6.07) is 20.1. The lowest BCUT2D eigenvalue weighted by Crippen LogP contribution is -2.53. The minimum atomic E-state index is 0.177. The van der Waals surface area contributed by atoms with Crippen molar-refractivity contribution in [3.8, 4) is 17.0 Å². The van der Waals surface area contributed by atoms with Crippen LogP contribution in [0.1, 0.15) is 18.4 Å². The fraction of sp³-hybridized carbons (Fsp3) is 0.448. The minimum Gasteiger partial charge on any atom is -0.467 e. The van der Waals surface area contributed by atoms with Gasteiger partial charge < -0.3 is 30.3 Å². The van der Waals surface area contributed by atoms with E-state index < -0.39 is 0 Å². The number of hydrogen-bond acceptors (Lipinski definition) is 9. The molecule has 0 aliphatic carbocycles. The molecule has 3 aliphatic rings. The molecule has 6 rings (SSSR count). The van der Waals surface area contributed by atoms with Crippen molar-refractivity contribution in [3.05, 3.63) is 60.2 Å². The van der Waals surface area contributed by atoms with E-state index in [1.807, 2.05) is 24.3 Å². The fourth-order valence-electron chi connectivity index (χ4n) is 6.09. The number of nitrogen functional groups attached to an aromatic ring is 1. The molecule has 3 aromatic rings. The number of rotatable bonds is 8. The van der Waals surface area contributed by atoms with Crippen LogP contribution in [0.15, 0.2) is 54.6 Å². The summed E-state index contributed by atoms with van der Waals surface area (Å²) in [5.41, 5.74) is 11.7. The third kappa shape index (κ3) is 5.14. The Kier molecular flexibility index (Phi) is 7.31. The van der Waals surface area contributed by atoms with Gasteiger partial charge in [0.15, 0.2) is 12.6 Å². The van der Waals surface area contributed by atoms with Gasteiger partial charge in [-0.15, -0.1) is 10.2 Å². The highest BCUT2D eigenvalue weighted by Crippen LogP contribution is 2.37. The smallest absolute Gasteiger partial charge is 0.188 e. The Morgan fingerprint density at radius 2 is 1.68 bits per heavy atom. The van der Waals surface area contributed by atoms with Crippen LogP contribution in [0.5, 0.6) is 5.75 Å². The highest BCUT2D eigenvalue weighted by molar-refractivity contribution is 5.74. The van der Waals surface area contributed by atoms with Crippen LogP contribution < -0.4 is 25.6 Å². The van der Waals surface area contributed by atoms with Gasteiger partial charge in [0.05, 0.1) is 11.4 Å². The number of benzene rings is 2. The Hall–Kier alpha value is -3.40. The fourth-order valence-corrected chi connectivity index (χ4v) is 6.09. The first kappa shape index (κ1) is 24.9. The van der Waals surface area contributed by atoms with Gasteiger partial charge in [-0.25, -0.2) is 0 Å². The quantitative estimate of drug-likeness (QED) is 0.439. The molecule has 4 heterocycles. The number of para-hydroxylation sites is 1. The number of fused-ring (bicyclic) bond motifs is 2. The van der Waals surface area contributed by atoms with E-state index in [-0.39, 0.29) is 6.79 Å². The molecular weight excluding hydrogens is 478 g/mol. The molecule has 2 bridgehead atoms. The van der Waals surface area contributed by atoms with Crippen molar-refractivity contribution in [1.29, 1.82) is 0 Å². The molecule has 9 nitrogen and oxygen atoms in total. The lowest BCUT2D eigenvalue weighted by Gasteiger charge is -2.42. The van der Waals surface area contributed by atoms with Crippen molar-refractivity contribution in [2.24, 2.45) is 0 Å². The summed E-state index contributed by atoms with van der Waals surface area (Å²) in [5.74, 6) is 1.19. The Labute approximate surface area is 224 Å². The van der Waals surface area contributed by atoms with Gasteiger partial charge in [-0.05, 0) is 48.7 Å². The number of hydrogen-bond donors (Lipinski definition) is 2. The Balaban J connectivity index is 1.16. The molecule has 200 valence electrons. The molecule has 2 unspecified atom stereocenters. The van der Waals surface area contributed by atoms with Crippen molar-refractivity contribution < 1.29 is 9.47 Å². The molecule has 0 saturated carbocycles. The van der Waals surface area contributed by atoms with Crippen molar-refractivity contribution in [1.82, 2.24) is 20.4 Å². The molecule has 2 atom stereocenters. The highest BCUT2D eigenvalue weighted by atomic mass is 16.7. The molecule has 3 N–H and O–H groups in total. The average molecular weight is 516 g/mol. The van der Waals surface area contributed by atoms with Crippen molar-refractivity contribution >= 4 is 17.2 Å². The zero-order valence-electron chi connectivity index (χ0n) is 22.1. The van der Waals surface area contributed by atoms with Crippen molar-refractivity contribution in [2.45, 2.75) is 31.5 Å². The second kappa shape index (κ2) is 11.1. The van der Waals surface area contributed by atoms with Crippen LogP contribution in [-0.2, 0) is 11.3 Å². The number of piperazine rings is 2. The SMILES string of the molecule is COCOc1ccccc1-c1cc(N2CC3CCC(C2)N3Cc2ccc(N3CCNCC3)cc2)c(N)nn1. The number of nitrogens with two attached hydrogens (primary N) is 1. The van der Waals surface area contributed by atoms with Gasteiger partial charge in [-0.2, -0.15) is 0 Å². The van der Waals surface area contributed by atoms with Crippen molar-refractivity contribution in [2.75, 3.05) is 68.7 Å². The van der Waals surface area contributed by atoms with E-state index in [1.54, 1.807) is 7.11 Å². The average Bonchev–Trinajstić information content (AvgIpc) is 3.18. The number of methoxy groups -OCH3 is 1. The van der Waals surface area contributed by atoms with Crippen LogP contribution in [0.4, 0.5) is 17.2 Å². The van der Waals surface area contributed by atoms with E-state index in [1.165, 1.54) is 24.1 Å². The summed E-state index contributed by atoms with van der Waals surface area (Å²) in [7, 11) is 1.61. The maximum atomic E-state index is 6.37. The maximum Gasteiger partial charge on any atom is 0.188 e. The molecule has 3 saturated heterocycles. The van der Waals surface area contributed by atoms with E-state index in [2.05, 4.69) is 60.5 Å². The summed E-state index contributed by atoms with van der Waals surface area (Å²) in [6.45, 7) is 7.31. The predicted molar refractivity (Wildman–Crippen MR) is 150 cm³/mol. The number of nitrogens with zero attached hydrogens (tertiary/aromatic N) is 5. The summed E-state index contributed by atoms with van der Waals surface area (Å²) in [6.07, 6.45) is 2.41. The third-order valence-corrected chi connectivity index (χ3v) is 8.05. The molecule has 3 aliphatic heterocycles. The molecule has 9 heteroatoms. The van der Waals surface area contributed by atoms with Gasteiger partial charge in [0.2, 0.25) is 0 Å². The number of anilines is 3. The monoisotopic (exact) mass is 515 g/mol. The van der Waals surface area contributed by atoms with Gasteiger partial charge in [-0.3, -0.25) is 4.90 Å². The first-order chi connectivity index (χ1) is 18.7. The Morgan fingerprint density at radius 1 is 0.947 bits per heavy atom. The second-order valence-electron chi connectivity index (χ2n) is 10.4. The summed E-state index contributed by atoms with van der Waals surface area (Å²) in [5, 5.41) is 12.2. The maximum absolute atomic E-state index is 6.37. The van der Waals surface area contributed by atoms with Gasteiger partial charge in [0.25, 0.3) is 0 Å². The van der Waals surface area contributed by atoms with E-state index in [0.29, 0.717) is 23.7 Å². The van der Waals surface area contributed by atoms with Crippen LogP contribution in [-0.4, -0.2) is 80.4 Å². The van der Waals surface area contributed by atoms with Crippen LogP contribution in [0.25, 0.3) is 11.3 Å². The van der Waals surface area contributed by atoms with Gasteiger partial charge >= 0.3 is 0 Å². The number of aromatic nitrogens is 2. The van der Waals surface area contributed by atoms with Crippen LogP contribution in [0.2, 0.25) is 0 Å². The molecule has 1 aromatic heterocycles. The lowest BCUT2D eigenvalue weighted by molar-refractivity contribution is 0.0515. The zero-order chi connectivity index (χ0) is 25.9. The Bertz CT molecular complexity index is 1220. The highest BCUT2D eigenvalue weighted by Gasteiger charge is 2.40. The first-order valence-corrected chi connectivity index (χ1v) is 13.6. The first-order valence-electron chi connectivity index (χ1n) is 13.6. The normalized spacial score (nSPS) is 21.6. The Morgan fingerprint density at radius 3 is 2.42 bits per heavy atom. The minimum absolute atomic E-state index is 0.177. The van der Waals surface area contributed by atoms with E-state index in [0.717, 1.165) is 62.8 Å². The summed E-state index contributed by atoms with van der Waals surface area (Å²) >= 11 is 0.